The molecule has 1 aromatic heterocycles. The number of benzene rings is 2. The van der Waals surface area contributed by atoms with Gasteiger partial charge in [0.15, 0.2) is 0 Å². The Morgan fingerprint density at radius 2 is 1.70 bits per heavy atom. The molecule has 1 saturated heterocycles. The Bertz CT molecular complexity index is 1620. The van der Waals surface area contributed by atoms with Crippen molar-refractivity contribution in [2.75, 3.05) is 32.5 Å². The number of hydrogen-bond acceptors (Lipinski definition) is 7. The van der Waals surface area contributed by atoms with Gasteiger partial charge in [-0.2, -0.15) is 4.31 Å². The predicted octanol–water partition coefficient (Wildman–Crippen LogP) is 4.92. The molecule has 0 aliphatic carbocycles. The van der Waals surface area contributed by atoms with Gasteiger partial charge in [-0.15, -0.1) is 11.3 Å². The van der Waals surface area contributed by atoms with E-state index in [1.54, 1.807) is 18.4 Å². The van der Waals surface area contributed by atoms with Gasteiger partial charge < -0.3 is 10.2 Å². The first kappa shape index (κ1) is 31.8. The molecule has 44 heavy (non-hydrogen) atoms. The number of imide groups is 1. The highest BCUT2D eigenvalue weighted by Crippen LogP contribution is 2.38. The molecule has 0 radical (unpaired) electrons. The summed E-state index contributed by atoms with van der Waals surface area (Å²) in [5.41, 5.74) is 2.57. The zero-order chi connectivity index (χ0) is 31.4. The van der Waals surface area contributed by atoms with Crippen molar-refractivity contribution < 1.29 is 22.8 Å². The van der Waals surface area contributed by atoms with Crippen LogP contribution in [0, 0.1) is 0 Å². The lowest BCUT2D eigenvalue weighted by Gasteiger charge is -2.34. The van der Waals surface area contributed by atoms with Crippen LogP contribution in [-0.2, 0) is 29.5 Å². The number of nitrogens with zero attached hydrogens (tertiary/aromatic N) is 3. The average molecular weight is 638 g/mol. The molecule has 3 heterocycles. The van der Waals surface area contributed by atoms with E-state index >= 15 is 0 Å². The van der Waals surface area contributed by atoms with Crippen LogP contribution in [0.2, 0.25) is 0 Å². The highest BCUT2D eigenvalue weighted by molar-refractivity contribution is 7.89. The molecule has 3 aromatic rings. The summed E-state index contributed by atoms with van der Waals surface area (Å²) in [4.78, 5) is 43.8. The van der Waals surface area contributed by atoms with E-state index in [-0.39, 0.29) is 16.5 Å². The highest BCUT2D eigenvalue weighted by Gasteiger charge is 2.33. The Hall–Kier alpha value is -3.58. The molecule has 1 fully saturated rings. The molecule has 5 rings (SSSR count). The number of hydrogen-bond donors (Lipinski definition) is 2. The summed E-state index contributed by atoms with van der Waals surface area (Å²) in [6, 6.07) is 15.5. The van der Waals surface area contributed by atoms with Crippen LogP contribution in [0.1, 0.15) is 69.3 Å². The minimum absolute atomic E-state index is 0.0193. The number of piperidine rings is 1. The normalized spacial score (nSPS) is 17.5. The van der Waals surface area contributed by atoms with E-state index in [4.69, 9.17) is 0 Å². The van der Waals surface area contributed by atoms with Crippen LogP contribution in [0.5, 0.6) is 0 Å². The second-order valence-electron chi connectivity index (χ2n) is 11.5. The van der Waals surface area contributed by atoms with Crippen molar-refractivity contribution in [2.45, 2.75) is 63.1 Å². The van der Waals surface area contributed by atoms with Gasteiger partial charge in [0.2, 0.25) is 10.0 Å². The molecule has 2 aliphatic heterocycles. The summed E-state index contributed by atoms with van der Waals surface area (Å²) in [7, 11) is -0.583. The number of anilines is 1. The van der Waals surface area contributed by atoms with Crippen molar-refractivity contribution in [3.05, 3.63) is 81.7 Å². The maximum atomic E-state index is 13.4. The standard InChI is InChI=1S/C32H39N5O5S2/c1-4-24-12-8-9-18-37(24)44(41,42)25-15-13-23(14-16-25)29(38)33-31-28(30(39)34-32(40)35(2)3)26-17-19-36(21-27(26)43-31)20-22-10-6-5-7-11-22/h5-7,10-11,13-16,24H,4,8-9,12,17-21H2,1-3H3,(H,33,38)(H,34,39,40). The van der Waals surface area contributed by atoms with Crippen LogP contribution in [0.3, 0.4) is 0 Å². The smallest absolute Gasteiger partial charge is 0.323 e. The van der Waals surface area contributed by atoms with E-state index < -0.39 is 27.9 Å². The maximum absolute atomic E-state index is 13.4. The van der Waals surface area contributed by atoms with Crippen molar-refractivity contribution in [1.82, 2.24) is 19.4 Å². The van der Waals surface area contributed by atoms with Crippen molar-refractivity contribution in [3.8, 4) is 0 Å². The van der Waals surface area contributed by atoms with Crippen molar-refractivity contribution in [3.63, 3.8) is 0 Å². The second kappa shape index (κ2) is 13.6. The van der Waals surface area contributed by atoms with Gasteiger partial charge in [-0.25, -0.2) is 13.2 Å². The summed E-state index contributed by atoms with van der Waals surface area (Å²) in [6.45, 7) is 4.58. The van der Waals surface area contributed by atoms with E-state index in [1.165, 1.54) is 46.1 Å². The number of sulfonamides is 1. The topological polar surface area (TPSA) is 119 Å². The highest BCUT2D eigenvalue weighted by atomic mass is 32.2. The average Bonchev–Trinajstić information content (AvgIpc) is 3.38. The summed E-state index contributed by atoms with van der Waals surface area (Å²) >= 11 is 1.33. The summed E-state index contributed by atoms with van der Waals surface area (Å²) < 4.78 is 28.4. The molecular formula is C32H39N5O5S2. The molecule has 0 saturated carbocycles. The van der Waals surface area contributed by atoms with Crippen LogP contribution in [0.4, 0.5) is 9.80 Å². The Kier molecular flexibility index (Phi) is 9.84. The molecule has 1 unspecified atom stereocenters. The summed E-state index contributed by atoms with van der Waals surface area (Å²) in [5, 5.41) is 5.67. The molecule has 2 aliphatic rings. The van der Waals surface area contributed by atoms with Gasteiger partial charge in [0.1, 0.15) is 5.00 Å². The zero-order valence-electron chi connectivity index (χ0n) is 25.3. The Labute approximate surface area is 263 Å². The molecule has 234 valence electrons. The molecule has 0 spiro atoms. The largest absolute Gasteiger partial charge is 0.331 e. The number of nitrogens with one attached hydrogen (secondary N) is 2. The molecule has 2 N–H and O–H groups in total. The first-order valence-corrected chi connectivity index (χ1v) is 17.2. The van der Waals surface area contributed by atoms with E-state index in [0.717, 1.165) is 49.2 Å². The zero-order valence-corrected chi connectivity index (χ0v) is 27.0. The second-order valence-corrected chi connectivity index (χ2v) is 14.5. The fourth-order valence-electron chi connectivity index (χ4n) is 5.82. The quantitative estimate of drug-likeness (QED) is 0.362. The van der Waals surface area contributed by atoms with Crippen LogP contribution >= 0.6 is 11.3 Å². The lowest BCUT2D eigenvalue weighted by Crippen LogP contribution is -2.43. The number of amides is 4. The summed E-state index contributed by atoms with van der Waals surface area (Å²) in [5.74, 6) is -1.03. The Morgan fingerprint density at radius 1 is 0.977 bits per heavy atom. The molecule has 0 bridgehead atoms. The number of carbonyl (C=O) groups excluding carboxylic acids is 3. The minimum atomic E-state index is -3.68. The van der Waals surface area contributed by atoms with Gasteiger partial charge >= 0.3 is 6.03 Å². The lowest BCUT2D eigenvalue weighted by molar-refractivity contribution is 0.0956. The van der Waals surface area contributed by atoms with Crippen molar-refractivity contribution in [1.29, 1.82) is 0 Å². The predicted molar refractivity (Wildman–Crippen MR) is 171 cm³/mol. The maximum Gasteiger partial charge on any atom is 0.323 e. The van der Waals surface area contributed by atoms with Gasteiger partial charge in [-0.1, -0.05) is 43.7 Å². The van der Waals surface area contributed by atoms with Crippen LogP contribution < -0.4 is 10.6 Å². The van der Waals surface area contributed by atoms with Gasteiger partial charge in [-0.05, 0) is 61.1 Å². The molecule has 1 atom stereocenters. The van der Waals surface area contributed by atoms with E-state index in [2.05, 4.69) is 27.7 Å². The third-order valence-electron chi connectivity index (χ3n) is 8.23. The van der Waals surface area contributed by atoms with Gasteiger partial charge in [0.25, 0.3) is 11.8 Å². The number of rotatable bonds is 8. The molecule has 4 amide bonds. The number of fused-ring (bicyclic) bond motifs is 1. The van der Waals surface area contributed by atoms with Crippen LogP contribution in [0.25, 0.3) is 0 Å². The number of carbonyl (C=O) groups is 3. The Morgan fingerprint density at radius 3 is 2.39 bits per heavy atom. The lowest BCUT2D eigenvalue weighted by atomic mass is 10.0. The number of urea groups is 1. The van der Waals surface area contributed by atoms with E-state index in [1.807, 2.05) is 25.1 Å². The van der Waals surface area contributed by atoms with Gasteiger partial charge in [0.05, 0.1) is 10.5 Å². The third kappa shape index (κ3) is 6.88. The van der Waals surface area contributed by atoms with Crippen molar-refractivity contribution in [2.24, 2.45) is 0 Å². The first-order chi connectivity index (χ1) is 21.1. The van der Waals surface area contributed by atoms with E-state index in [0.29, 0.717) is 30.1 Å². The van der Waals surface area contributed by atoms with Crippen LogP contribution in [-0.4, -0.2) is 73.6 Å². The van der Waals surface area contributed by atoms with Gasteiger partial charge in [0, 0.05) is 56.8 Å². The van der Waals surface area contributed by atoms with Gasteiger partial charge in [-0.3, -0.25) is 19.8 Å². The Balaban J connectivity index is 1.38. The SMILES string of the molecule is CCC1CCCCN1S(=O)(=O)c1ccc(C(=O)Nc2sc3c(c2C(=O)NC(=O)N(C)C)CCN(Cc2ccccc2)C3)cc1. The fourth-order valence-corrected chi connectivity index (χ4v) is 8.87. The molecule has 10 nitrogen and oxygen atoms in total. The van der Waals surface area contributed by atoms with E-state index in [9.17, 15) is 22.8 Å². The monoisotopic (exact) mass is 637 g/mol. The molecular weight excluding hydrogens is 599 g/mol. The summed E-state index contributed by atoms with van der Waals surface area (Å²) in [6.07, 6.45) is 4.05. The molecule has 2 aromatic carbocycles. The first-order valence-electron chi connectivity index (χ1n) is 14.9. The van der Waals surface area contributed by atoms with Crippen molar-refractivity contribution >= 4 is 44.2 Å². The molecule has 12 heteroatoms. The van der Waals surface area contributed by atoms with Crippen LogP contribution in [0.15, 0.2) is 59.5 Å². The fraction of sp³-hybridized carbons (Fsp3) is 0.406. The third-order valence-corrected chi connectivity index (χ3v) is 11.3. The minimum Gasteiger partial charge on any atom is -0.331 e. The number of thiophene rings is 1.